The SMILES string of the molecule is COc1ccc2c(C)c(CCC(=O)OCC(=O)c3ccc(NC(=O)c4ccccc4)cc3)c(=O)oc2c1. The second kappa shape index (κ2) is 11.3. The first kappa shape index (κ1) is 25.4. The number of hydrogen-bond donors (Lipinski definition) is 1. The number of nitrogens with one attached hydrogen (secondary N) is 1. The van der Waals surface area contributed by atoms with E-state index in [4.69, 9.17) is 13.9 Å². The van der Waals surface area contributed by atoms with Crippen molar-refractivity contribution in [2.24, 2.45) is 0 Å². The largest absolute Gasteiger partial charge is 0.497 e. The Morgan fingerprint density at radius 1 is 0.919 bits per heavy atom. The molecule has 1 amide bonds. The minimum atomic E-state index is -0.603. The highest BCUT2D eigenvalue weighted by Gasteiger charge is 2.16. The Morgan fingerprint density at radius 3 is 2.35 bits per heavy atom. The number of ketones is 1. The first-order valence-corrected chi connectivity index (χ1v) is 11.6. The van der Waals surface area contributed by atoms with Gasteiger partial charge in [0.1, 0.15) is 11.3 Å². The van der Waals surface area contributed by atoms with Crippen LogP contribution in [0.25, 0.3) is 11.0 Å². The maximum absolute atomic E-state index is 12.5. The third-order valence-electron chi connectivity index (χ3n) is 5.94. The van der Waals surface area contributed by atoms with Crippen LogP contribution in [0.5, 0.6) is 5.75 Å². The average molecular weight is 500 g/mol. The molecule has 0 aliphatic rings. The number of benzene rings is 3. The minimum Gasteiger partial charge on any atom is -0.497 e. The van der Waals surface area contributed by atoms with Gasteiger partial charge in [0.2, 0.25) is 0 Å². The van der Waals surface area contributed by atoms with Crippen LogP contribution in [0.2, 0.25) is 0 Å². The van der Waals surface area contributed by atoms with E-state index in [1.54, 1.807) is 73.7 Å². The minimum absolute atomic E-state index is 0.0784. The molecule has 0 atom stereocenters. The molecule has 1 heterocycles. The summed E-state index contributed by atoms with van der Waals surface area (Å²) in [5, 5.41) is 3.51. The molecule has 0 aliphatic heterocycles. The first-order valence-electron chi connectivity index (χ1n) is 11.6. The van der Waals surface area contributed by atoms with Gasteiger partial charge < -0.3 is 19.2 Å². The number of carbonyl (C=O) groups excluding carboxylic acids is 3. The van der Waals surface area contributed by atoms with Gasteiger partial charge in [-0.3, -0.25) is 14.4 Å². The summed E-state index contributed by atoms with van der Waals surface area (Å²) < 4.78 is 15.7. The van der Waals surface area contributed by atoms with Crippen molar-refractivity contribution in [3.63, 3.8) is 0 Å². The highest BCUT2D eigenvalue weighted by Crippen LogP contribution is 2.24. The zero-order valence-electron chi connectivity index (χ0n) is 20.4. The molecule has 0 saturated heterocycles. The van der Waals surface area contributed by atoms with Crippen molar-refractivity contribution in [1.82, 2.24) is 0 Å². The molecule has 0 bridgehead atoms. The molecule has 3 aromatic carbocycles. The van der Waals surface area contributed by atoms with Gasteiger partial charge in [-0.15, -0.1) is 0 Å². The van der Waals surface area contributed by atoms with Crippen LogP contribution < -0.4 is 15.7 Å². The number of Topliss-reactive ketones (excluding diaryl/α,β-unsaturated/α-hetero) is 1. The van der Waals surface area contributed by atoms with Gasteiger partial charge in [0.05, 0.1) is 7.11 Å². The van der Waals surface area contributed by atoms with E-state index in [1.165, 1.54) is 7.11 Å². The molecule has 4 aromatic rings. The summed E-state index contributed by atoms with van der Waals surface area (Å²) in [6.45, 7) is 1.36. The molecule has 0 spiro atoms. The molecule has 0 aliphatic carbocycles. The van der Waals surface area contributed by atoms with E-state index in [9.17, 15) is 19.2 Å². The molecule has 188 valence electrons. The van der Waals surface area contributed by atoms with Crippen LogP contribution in [-0.2, 0) is 16.0 Å². The quantitative estimate of drug-likeness (QED) is 0.201. The zero-order chi connectivity index (χ0) is 26.4. The predicted molar refractivity (Wildman–Crippen MR) is 138 cm³/mol. The monoisotopic (exact) mass is 499 g/mol. The molecule has 0 saturated carbocycles. The normalized spacial score (nSPS) is 10.6. The van der Waals surface area contributed by atoms with E-state index in [-0.39, 0.29) is 24.5 Å². The summed E-state index contributed by atoms with van der Waals surface area (Å²) in [5.41, 5.74) is 2.38. The smallest absolute Gasteiger partial charge is 0.339 e. The predicted octanol–water partition coefficient (Wildman–Crippen LogP) is 4.72. The number of esters is 1. The molecular weight excluding hydrogens is 474 g/mol. The highest BCUT2D eigenvalue weighted by atomic mass is 16.5. The fourth-order valence-electron chi connectivity index (χ4n) is 3.85. The summed E-state index contributed by atoms with van der Waals surface area (Å²) in [6, 6.07) is 20.3. The number of fused-ring (bicyclic) bond motifs is 1. The van der Waals surface area contributed by atoms with Gasteiger partial charge in [-0.25, -0.2) is 4.79 Å². The zero-order valence-corrected chi connectivity index (χ0v) is 20.4. The number of ether oxygens (including phenoxy) is 2. The number of carbonyl (C=O) groups is 3. The topological polar surface area (TPSA) is 112 Å². The molecule has 4 rings (SSSR count). The highest BCUT2D eigenvalue weighted by molar-refractivity contribution is 6.04. The fraction of sp³-hybridized carbons (Fsp3) is 0.172. The maximum atomic E-state index is 12.5. The van der Waals surface area contributed by atoms with Crippen molar-refractivity contribution in [2.45, 2.75) is 19.8 Å². The van der Waals surface area contributed by atoms with Crippen LogP contribution in [0, 0.1) is 6.92 Å². The second-order valence-corrected chi connectivity index (χ2v) is 8.34. The summed E-state index contributed by atoms with van der Waals surface area (Å²) in [5.74, 6) is -0.676. The Bertz CT molecular complexity index is 1510. The Labute approximate surface area is 212 Å². The summed E-state index contributed by atoms with van der Waals surface area (Å²) in [6.07, 6.45) is 0.0456. The van der Waals surface area contributed by atoms with E-state index in [0.29, 0.717) is 33.7 Å². The molecule has 8 heteroatoms. The van der Waals surface area contributed by atoms with E-state index < -0.39 is 18.2 Å². The van der Waals surface area contributed by atoms with E-state index in [0.717, 1.165) is 10.9 Å². The van der Waals surface area contributed by atoms with Gasteiger partial charge in [0.25, 0.3) is 5.91 Å². The van der Waals surface area contributed by atoms with Crippen LogP contribution in [0.1, 0.15) is 38.3 Å². The fourth-order valence-corrected chi connectivity index (χ4v) is 3.85. The molecule has 1 aromatic heterocycles. The Morgan fingerprint density at radius 2 is 1.65 bits per heavy atom. The van der Waals surface area contributed by atoms with Crippen molar-refractivity contribution in [1.29, 1.82) is 0 Å². The Kier molecular flexibility index (Phi) is 7.78. The van der Waals surface area contributed by atoms with Crippen molar-refractivity contribution >= 4 is 34.3 Å². The van der Waals surface area contributed by atoms with Gasteiger partial charge in [-0.2, -0.15) is 0 Å². The number of anilines is 1. The van der Waals surface area contributed by atoms with E-state index in [1.807, 2.05) is 6.07 Å². The van der Waals surface area contributed by atoms with E-state index in [2.05, 4.69) is 5.32 Å². The number of rotatable bonds is 9. The summed E-state index contributed by atoms with van der Waals surface area (Å²) >= 11 is 0. The lowest BCUT2D eigenvalue weighted by Gasteiger charge is -2.09. The van der Waals surface area contributed by atoms with Crippen molar-refractivity contribution in [3.05, 3.63) is 105 Å². The molecule has 0 unspecified atom stereocenters. The van der Waals surface area contributed by atoms with Crippen LogP contribution >= 0.6 is 0 Å². The summed E-state index contributed by atoms with van der Waals surface area (Å²) in [7, 11) is 1.53. The molecule has 8 nitrogen and oxygen atoms in total. The van der Waals surface area contributed by atoms with Crippen LogP contribution in [-0.4, -0.2) is 31.4 Å². The van der Waals surface area contributed by atoms with E-state index >= 15 is 0 Å². The Balaban J connectivity index is 1.30. The number of aryl methyl sites for hydroxylation is 1. The average Bonchev–Trinajstić information content (AvgIpc) is 2.92. The summed E-state index contributed by atoms with van der Waals surface area (Å²) in [4.78, 5) is 49.4. The Hall–Kier alpha value is -4.72. The first-order chi connectivity index (χ1) is 17.9. The van der Waals surface area contributed by atoms with Gasteiger partial charge in [0, 0.05) is 40.3 Å². The molecule has 0 fully saturated rings. The lowest BCUT2D eigenvalue weighted by atomic mass is 10.0. The van der Waals surface area contributed by atoms with Crippen LogP contribution in [0.15, 0.2) is 82.0 Å². The molecule has 37 heavy (non-hydrogen) atoms. The number of amides is 1. The van der Waals surface area contributed by atoms with Gasteiger partial charge in [0.15, 0.2) is 12.4 Å². The number of hydrogen-bond acceptors (Lipinski definition) is 7. The molecule has 0 radical (unpaired) electrons. The standard InChI is InChI=1S/C29H25NO7/c1-18-23-13-12-22(35-2)16-26(23)37-29(34)24(18)14-15-27(32)36-17-25(31)19-8-10-21(11-9-19)30-28(33)20-6-4-3-5-7-20/h3-13,16H,14-15,17H2,1-2H3,(H,30,33). The van der Waals surface area contributed by atoms with Crippen LogP contribution in [0.4, 0.5) is 5.69 Å². The second-order valence-electron chi connectivity index (χ2n) is 8.34. The van der Waals surface area contributed by atoms with Gasteiger partial charge in [-0.05, 0) is 67.4 Å². The molecular formula is C29H25NO7. The third-order valence-corrected chi connectivity index (χ3v) is 5.94. The number of methoxy groups -OCH3 is 1. The third kappa shape index (κ3) is 6.10. The maximum Gasteiger partial charge on any atom is 0.339 e. The lowest BCUT2D eigenvalue weighted by molar-refractivity contribution is -0.142. The van der Waals surface area contributed by atoms with Crippen molar-refractivity contribution in [2.75, 3.05) is 19.0 Å². The van der Waals surface area contributed by atoms with Gasteiger partial charge in [-0.1, -0.05) is 18.2 Å². The van der Waals surface area contributed by atoms with Crippen molar-refractivity contribution < 1.29 is 28.3 Å². The van der Waals surface area contributed by atoms with Crippen LogP contribution in [0.3, 0.4) is 0 Å². The van der Waals surface area contributed by atoms with Crippen molar-refractivity contribution in [3.8, 4) is 5.75 Å². The lowest BCUT2D eigenvalue weighted by Crippen LogP contribution is -2.17. The van der Waals surface area contributed by atoms with Gasteiger partial charge >= 0.3 is 11.6 Å². The molecule has 1 N–H and O–H groups in total.